The van der Waals surface area contributed by atoms with Crippen LogP contribution in [0, 0.1) is 5.82 Å². The summed E-state index contributed by atoms with van der Waals surface area (Å²) in [5.41, 5.74) is 1.22. The van der Waals surface area contributed by atoms with E-state index in [4.69, 9.17) is 17.0 Å². The monoisotopic (exact) mass is 408 g/mol. The molecule has 2 aromatic carbocycles. The number of hydrogen-bond donors (Lipinski definition) is 1. The smallest absolute Gasteiger partial charge is 0.174 e. The van der Waals surface area contributed by atoms with E-state index in [0.29, 0.717) is 18.1 Å². The first kappa shape index (κ1) is 19.6. The van der Waals surface area contributed by atoms with E-state index in [1.54, 1.807) is 25.3 Å². The molecule has 27 heavy (non-hydrogen) atoms. The zero-order valence-electron chi connectivity index (χ0n) is 14.9. The van der Waals surface area contributed by atoms with Crippen LogP contribution in [0.25, 0.3) is 0 Å². The second kappa shape index (κ2) is 8.22. The summed E-state index contributed by atoms with van der Waals surface area (Å²) >= 11 is 5.51. The second-order valence-corrected chi connectivity index (χ2v) is 9.06. The van der Waals surface area contributed by atoms with Gasteiger partial charge in [0.25, 0.3) is 0 Å². The molecule has 1 atom stereocenters. The quantitative estimate of drug-likeness (QED) is 0.767. The summed E-state index contributed by atoms with van der Waals surface area (Å²) < 4.78 is 43.0. The maximum atomic E-state index is 14.0. The van der Waals surface area contributed by atoms with Gasteiger partial charge in [-0.25, -0.2) is 12.8 Å². The molecule has 1 heterocycles. The van der Waals surface area contributed by atoms with Crippen LogP contribution in [-0.2, 0) is 16.4 Å². The van der Waals surface area contributed by atoms with Crippen LogP contribution in [-0.4, -0.2) is 43.1 Å². The van der Waals surface area contributed by atoms with E-state index in [2.05, 4.69) is 5.32 Å². The number of para-hydroxylation sites is 1. The maximum absolute atomic E-state index is 14.0. The molecule has 0 bridgehead atoms. The van der Waals surface area contributed by atoms with Crippen LogP contribution in [0.2, 0.25) is 0 Å². The van der Waals surface area contributed by atoms with E-state index >= 15 is 0 Å². The number of thiocarbonyl (C=S) groups is 1. The average Bonchev–Trinajstić information content (AvgIpc) is 3.01. The van der Waals surface area contributed by atoms with E-state index in [-0.39, 0.29) is 23.2 Å². The highest BCUT2D eigenvalue weighted by Crippen LogP contribution is 2.23. The number of hydrogen-bond acceptors (Lipinski definition) is 4. The van der Waals surface area contributed by atoms with Crippen molar-refractivity contribution in [2.75, 3.05) is 23.9 Å². The number of nitrogens with zero attached hydrogens (tertiary/aromatic N) is 1. The minimum atomic E-state index is -3.08. The van der Waals surface area contributed by atoms with Gasteiger partial charge in [0, 0.05) is 12.6 Å². The molecule has 0 unspecified atom stereocenters. The Kier molecular flexibility index (Phi) is 5.96. The van der Waals surface area contributed by atoms with Gasteiger partial charge in [0.05, 0.1) is 24.3 Å². The normalized spacial score (nSPS) is 18.1. The van der Waals surface area contributed by atoms with Crippen molar-refractivity contribution in [1.82, 2.24) is 4.90 Å². The van der Waals surface area contributed by atoms with Crippen LogP contribution >= 0.6 is 12.2 Å². The van der Waals surface area contributed by atoms with Gasteiger partial charge in [-0.1, -0.05) is 24.3 Å². The predicted octanol–water partition coefficient (Wildman–Crippen LogP) is 3.22. The van der Waals surface area contributed by atoms with Crippen LogP contribution in [0.3, 0.4) is 0 Å². The number of ether oxygens (including phenoxy) is 1. The summed E-state index contributed by atoms with van der Waals surface area (Å²) in [5, 5.41) is 3.22. The molecule has 1 saturated heterocycles. The van der Waals surface area contributed by atoms with E-state index in [0.717, 1.165) is 11.3 Å². The van der Waals surface area contributed by atoms with Gasteiger partial charge in [-0.3, -0.25) is 0 Å². The molecule has 5 nitrogen and oxygen atoms in total. The molecule has 1 N–H and O–H groups in total. The van der Waals surface area contributed by atoms with Crippen LogP contribution in [0.15, 0.2) is 48.5 Å². The first-order chi connectivity index (χ1) is 12.9. The van der Waals surface area contributed by atoms with Gasteiger partial charge in [-0.15, -0.1) is 0 Å². The molecule has 2 aromatic rings. The predicted molar refractivity (Wildman–Crippen MR) is 108 cm³/mol. The molecule has 0 saturated carbocycles. The zero-order valence-corrected chi connectivity index (χ0v) is 16.5. The van der Waals surface area contributed by atoms with Gasteiger partial charge < -0.3 is 15.0 Å². The summed E-state index contributed by atoms with van der Waals surface area (Å²) in [6.07, 6.45) is 0.498. The number of benzene rings is 2. The summed E-state index contributed by atoms with van der Waals surface area (Å²) in [5.74, 6) is 0.505. The number of halogens is 1. The standard InChI is InChI=1S/C19H21FN2O3S2/c1-25-16-8-6-14(7-9-16)12-22(15-10-11-27(23,24)13-15)19(26)21-18-5-3-2-4-17(18)20/h2-9,15H,10-13H2,1H3,(H,21,26)/t15-/m1/s1. The molecule has 1 aliphatic rings. The lowest BCUT2D eigenvalue weighted by Gasteiger charge is -2.31. The maximum Gasteiger partial charge on any atom is 0.174 e. The zero-order chi connectivity index (χ0) is 19.4. The minimum absolute atomic E-state index is 0.0439. The van der Waals surface area contributed by atoms with Crippen LogP contribution in [0.1, 0.15) is 12.0 Å². The number of methoxy groups -OCH3 is 1. The van der Waals surface area contributed by atoms with Gasteiger partial charge in [0.15, 0.2) is 14.9 Å². The molecule has 3 rings (SSSR count). The lowest BCUT2D eigenvalue weighted by atomic mass is 10.1. The van der Waals surface area contributed by atoms with E-state index in [9.17, 15) is 12.8 Å². The SMILES string of the molecule is COc1ccc(CN(C(=S)Nc2ccccc2F)[C@@H]2CCS(=O)(=O)C2)cc1. The highest BCUT2D eigenvalue weighted by molar-refractivity contribution is 7.91. The summed E-state index contributed by atoms with van der Waals surface area (Å²) in [7, 11) is -1.49. The lowest BCUT2D eigenvalue weighted by molar-refractivity contribution is 0.332. The Morgan fingerprint density at radius 2 is 1.96 bits per heavy atom. The Labute approximate surface area is 164 Å². The van der Waals surface area contributed by atoms with Gasteiger partial charge >= 0.3 is 0 Å². The molecule has 0 spiro atoms. The summed E-state index contributed by atoms with van der Waals surface area (Å²) in [4.78, 5) is 1.83. The van der Waals surface area contributed by atoms with Crippen molar-refractivity contribution in [3.05, 3.63) is 59.9 Å². The number of rotatable bonds is 5. The average molecular weight is 409 g/mol. The molecular formula is C19H21FN2O3S2. The van der Waals surface area contributed by atoms with Crippen LogP contribution in [0.4, 0.5) is 10.1 Å². The van der Waals surface area contributed by atoms with Gasteiger partial charge in [0.2, 0.25) is 0 Å². The molecule has 144 valence electrons. The third-order valence-corrected chi connectivity index (χ3v) is 6.62. The van der Waals surface area contributed by atoms with E-state index in [1.807, 2.05) is 29.2 Å². The fourth-order valence-corrected chi connectivity index (χ4v) is 5.12. The van der Waals surface area contributed by atoms with E-state index in [1.165, 1.54) is 6.07 Å². The van der Waals surface area contributed by atoms with Crippen molar-refractivity contribution in [3.63, 3.8) is 0 Å². The Morgan fingerprint density at radius 1 is 1.26 bits per heavy atom. The third kappa shape index (κ3) is 4.95. The van der Waals surface area contributed by atoms with Gasteiger partial charge in [-0.2, -0.15) is 0 Å². The second-order valence-electron chi connectivity index (χ2n) is 6.44. The fourth-order valence-electron chi connectivity index (χ4n) is 3.07. The molecule has 1 fully saturated rings. The van der Waals surface area contributed by atoms with Crippen molar-refractivity contribution >= 4 is 32.9 Å². The largest absolute Gasteiger partial charge is 0.497 e. The lowest BCUT2D eigenvalue weighted by Crippen LogP contribution is -2.43. The minimum Gasteiger partial charge on any atom is -0.497 e. The Bertz CT molecular complexity index is 917. The van der Waals surface area contributed by atoms with Crippen molar-refractivity contribution in [1.29, 1.82) is 0 Å². The first-order valence-electron chi connectivity index (χ1n) is 8.53. The van der Waals surface area contributed by atoms with Gasteiger partial charge in [0.1, 0.15) is 11.6 Å². The molecule has 0 amide bonds. The molecule has 0 aliphatic carbocycles. The Morgan fingerprint density at radius 3 is 2.56 bits per heavy atom. The van der Waals surface area contributed by atoms with Crippen molar-refractivity contribution < 1.29 is 17.5 Å². The number of nitrogens with one attached hydrogen (secondary N) is 1. The topological polar surface area (TPSA) is 58.6 Å². The summed E-state index contributed by atoms with van der Waals surface area (Å²) in [6.45, 7) is 0.421. The Balaban J connectivity index is 1.82. The Hall–Kier alpha value is -2.19. The molecule has 1 aliphatic heterocycles. The molecule has 0 aromatic heterocycles. The molecule has 8 heteroatoms. The number of sulfone groups is 1. The number of anilines is 1. The van der Waals surface area contributed by atoms with Crippen molar-refractivity contribution in [2.24, 2.45) is 0 Å². The van der Waals surface area contributed by atoms with Crippen molar-refractivity contribution in [2.45, 2.75) is 19.0 Å². The third-order valence-electron chi connectivity index (χ3n) is 4.54. The first-order valence-corrected chi connectivity index (χ1v) is 10.8. The van der Waals surface area contributed by atoms with Crippen LogP contribution in [0.5, 0.6) is 5.75 Å². The van der Waals surface area contributed by atoms with Crippen LogP contribution < -0.4 is 10.1 Å². The molecular weight excluding hydrogens is 387 g/mol. The fraction of sp³-hybridized carbons (Fsp3) is 0.316. The molecule has 0 radical (unpaired) electrons. The van der Waals surface area contributed by atoms with Gasteiger partial charge in [-0.05, 0) is 48.5 Å². The van der Waals surface area contributed by atoms with E-state index < -0.39 is 15.7 Å². The highest BCUT2D eigenvalue weighted by Gasteiger charge is 2.33. The van der Waals surface area contributed by atoms with Crippen molar-refractivity contribution in [3.8, 4) is 5.75 Å². The highest BCUT2D eigenvalue weighted by atomic mass is 32.2. The summed E-state index contributed by atoms with van der Waals surface area (Å²) in [6, 6.07) is 13.5.